The third-order valence-corrected chi connectivity index (χ3v) is 12.2. The molecule has 2 fully saturated rings. The Bertz CT molecular complexity index is 2600. The molecule has 9 N–H and O–H groups in total. The minimum atomic E-state index is -3.43. The monoisotopic (exact) mass is 1580 g/mol. The number of hydrogen-bond acceptors (Lipinski definition) is 18. The number of rotatable bonds is 10. The SMILES string of the molecule is COc1ccc(F)c(F)c1C(=O)c1cnc(Cl)nc1N.COc1ccc(F)c(F)c1C(=O)c1cnc(N[C@H]2CCN(S(C)(=O)=O)C[C@H]2O)nc1N.CS(=O)(=O)N1CC[C@H](N)[C@H](O)C1.[I][Re].[I][Re]. The second-order valence-corrected chi connectivity index (χ2v) is 18.1. The Balaban J connectivity index is 0.000000365. The Labute approximate surface area is 430 Å². The van der Waals surface area contributed by atoms with Gasteiger partial charge in [0.05, 0.1) is 56.1 Å². The molecule has 2 aliphatic rings. The van der Waals surface area contributed by atoms with E-state index in [-0.39, 0.29) is 77.6 Å². The molecule has 0 spiro atoms. The van der Waals surface area contributed by atoms with Crippen LogP contribution in [-0.2, 0) is 51.2 Å². The predicted molar refractivity (Wildman–Crippen MR) is 248 cm³/mol. The van der Waals surface area contributed by atoms with Gasteiger partial charge in [-0.15, -0.1) is 0 Å². The number of methoxy groups -OCH3 is 2. The van der Waals surface area contributed by atoms with Crippen LogP contribution in [0.1, 0.15) is 44.7 Å². The van der Waals surface area contributed by atoms with Gasteiger partial charge in [0.2, 0.25) is 42.8 Å². The van der Waals surface area contributed by atoms with Gasteiger partial charge in [-0.3, -0.25) is 9.59 Å². The van der Waals surface area contributed by atoms with E-state index in [1.165, 1.54) is 18.5 Å². The summed E-state index contributed by atoms with van der Waals surface area (Å²) in [6.07, 6.45) is 3.33. The number of nitrogens with zero attached hydrogens (tertiary/aromatic N) is 6. The van der Waals surface area contributed by atoms with Gasteiger partial charge in [0.15, 0.2) is 23.3 Å². The first kappa shape index (κ1) is 60.6. The van der Waals surface area contributed by atoms with Crippen LogP contribution in [0, 0.1) is 23.3 Å². The van der Waals surface area contributed by atoms with Gasteiger partial charge in [-0.05, 0) is 48.7 Å². The topological polar surface area (TPSA) is 309 Å². The van der Waals surface area contributed by atoms with Crippen molar-refractivity contribution in [2.75, 3.05) is 69.7 Å². The first-order valence-corrected chi connectivity index (χ1v) is 38.0. The molecule has 0 unspecified atom stereocenters. The van der Waals surface area contributed by atoms with Gasteiger partial charge in [-0.2, -0.15) is 13.6 Å². The number of halogens is 7. The second-order valence-electron chi connectivity index (χ2n) is 13.8. The summed E-state index contributed by atoms with van der Waals surface area (Å²) >= 11 is 13.3. The van der Waals surface area contributed by atoms with Crippen molar-refractivity contribution in [2.24, 2.45) is 5.73 Å². The molecule has 2 aromatic carbocycles. The molecule has 31 heteroatoms. The molecule has 2 saturated heterocycles. The Morgan fingerprint density at radius 2 is 1.18 bits per heavy atom. The van der Waals surface area contributed by atoms with Gasteiger partial charge in [0.25, 0.3) is 0 Å². The Kier molecular flexibility index (Phi) is 25.1. The Morgan fingerprint density at radius 3 is 1.57 bits per heavy atom. The number of benzene rings is 2. The number of piperidine rings is 2. The van der Waals surface area contributed by atoms with Crippen molar-refractivity contribution in [3.05, 3.63) is 87.5 Å². The van der Waals surface area contributed by atoms with E-state index in [1.54, 1.807) is 31.2 Å². The number of aliphatic hydroxyl groups excluding tert-OH is 2. The molecule has 0 aliphatic carbocycles. The predicted octanol–water partition coefficient (Wildman–Crippen LogP) is 2.72. The van der Waals surface area contributed by atoms with E-state index in [1.807, 2.05) is 0 Å². The van der Waals surface area contributed by atoms with Crippen molar-refractivity contribution >= 4 is 99.8 Å². The van der Waals surface area contributed by atoms with Crippen molar-refractivity contribution in [3.8, 4) is 11.5 Å². The zero-order chi connectivity index (χ0) is 51.1. The normalized spacial score (nSPS) is 18.4. The molecule has 0 saturated carbocycles. The quantitative estimate of drug-likeness (QED) is 0.0576. The fourth-order valence-corrected chi connectivity index (χ4v) is 7.91. The first-order chi connectivity index (χ1) is 31.4. The molecule has 0 radical (unpaired) electrons. The zero-order valence-electron chi connectivity index (χ0n) is 35.3. The van der Waals surface area contributed by atoms with E-state index < -0.39 is 84.3 Å². The summed E-state index contributed by atoms with van der Waals surface area (Å²) in [7, 11) is -4.16. The number of aromatic nitrogens is 4. The summed E-state index contributed by atoms with van der Waals surface area (Å²) in [5.41, 5.74) is 15.2. The number of ketones is 2. The minimum absolute atomic E-state index is 0.0161. The zero-order valence-corrected chi connectivity index (χ0v) is 47.4. The number of β-amino-alcohol motifs (C(OH)–C–C–N with tert-alkyl or cyclic N) is 2. The van der Waals surface area contributed by atoms with Gasteiger partial charge >= 0.3 is 70.2 Å². The van der Waals surface area contributed by atoms with E-state index in [2.05, 4.69) is 64.3 Å². The van der Waals surface area contributed by atoms with Gasteiger partial charge in [-0.25, -0.2) is 49.3 Å². The van der Waals surface area contributed by atoms with Crippen LogP contribution < -0.4 is 32.0 Å². The van der Waals surface area contributed by atoms with Crippen LogP contribution in [0.25, 0.3) is 0 Å². The van der Waals surface area contributed by atoms with Crippen LogP contribution >= 0.6 is 50.6 Å². The number of nitrogen functional groups attached to an aromatic ring is 2. The molecule has 6 rings (SSSR count). The molecule has 372 valence electrons. The number of aliphatic hydroxyl groups is 2. The molecule has 0 amide bonds. The summed E-state index contributed by atoms with van der Waals surface area (Å²) in [4.78, 5) is 40.1. The summed E-state index contributed by atoms with van der Waals surface area (Å²) in [6.45, 7) is 0.635. The maximum absolute atomic E-state index is 14.2. The summed E-state index contributed by atoms with van der Waals surface area (Å²) < 4.78 is 112. The molecule has 20 nitrogen and oxygen atoms in total. The molecule has 2 aliphatic heterocycles. The van der Waals surface area contributed by atoms with Gasteiger partial charge < -0.3 is 42.2 Å². The molecule has 0 bridgehead atoms. The Morgan fingerprint density at radius 1 is 0.761 bits per heavy atom. The molecule has 67 heavy (non-hydrogen) atoms. The van der Waals surface area contributed by atoms with Crippen LogP contribution in [0.3, 0.4) is 0 Å². The standard InChI is InChI=1S/C18H21F2N5O5S.C12H8ClF2N3O2.C6H14N2O3S.2HI.2Re/c1-30-13-4-3-10(19)15(20)14(13)16(27)9-7-22-18(24-17(9)21)23-11-5-6-25(8-12(11)26)31(2,28)29;1-20-7-3-2-6(14)9(15)8(7)10(19)5-4-17-12(13)18-11(5)16;1-12(10,11)8-3-2-5(7)6(9)4-8;;;;/h3-4,7,11-12,26H,5-6,8H2,1-2H3,(H3,21,22,23,24);2-4H,1H3,(H2,16,17,18);5-6,9H,2-4,7H2,1H3;2*1H;;/q;;;;;2*+1/p-2/t11-,12+;;5-,6+;;;;/m0.0..../s1. The van der Waals surface area contributed by atoms with E-state index in [0.29, 0.717) is 13.0 Å². The van der Waals surface area contributed by atoms with Crippen molar-refractivity contribution in [3.63, 3.8) is 0 Å². The third kappa shape index (κ3) is 16.8. The van der Waals surface area contributed by atoms with Gasteiger partial charge in [-0.1, -0.05) is 0 Å². The number of carbonyl (C=O) groups is 2. The number of sulfonamides is 2. The first-order valence-electron chi connectivity index (χ1n) is 18.5. The van der Waals surface area contributed by atoms with Gasteiger partial charge in [0, 0.05) is 44.6 Å². The van der Waals surface area contributed by atoms with E-state index in [0.717, 1.165) is 53.5 Å². The second kappa shape index (κ2) is 27.7. The summed E-state index contributed by atoms with van der Waals surface area (Å²) in [5, 5.41) is 22.2. The van der Waals surface area contributed by atoms with E-state index in [9.17, 15) is 54.2 Å². The van der Waals surface area contributed by atoms with Crippen LogP contribution in [0.5, 0.6) is 11.5 Å². The molecular formula is C36H43ClF4I2N10O10Re2S2. The van der Waals surface area contributed by atoms with Crippen LogP contribution in [-0.4, -0.2) is 144 Å². The summed E-state index contributed by atoms with van der Waals surface area (Å²) in [6, 6.07) is 3.09. The number of anilines is 3. The fourth-order valence-electron chi connectivity index (χ4n) is 6.05. The fraction of sp³-hybridized carbons (Fsp3) is 0.389. The van der Waals surface area contributed by atoms with Crippen molar-refractivity contribution in [1.29, 1.82) is 0 Å². The average molecular weight is 1580 g/mol. The molecule has 4 heterocycles. The molecule has 4 atom stereocenters. The molecule has 2 aromatic heterocycles. The van der Waals surface area contributed by atoms with Gasteiger partial charge in [0.1, 0.15) is 34.3 Å². The number of ether oxygens (including phenoxy) is 2. The number of carbonyl (C=O) groups excluding carboxylic acids is 2. The number of nitrogens with one attached hydrogen (secondary N) is 1. The van der Waals surface area contributed by atoms with Crippen molar-refractivity contribution < 1.29 is 94.8 Å². The van der Waals surface area contributed by atoms with E-state index >= 15 is 0 Å². The van der Waals surface area contributed by atoms with E-state index in [4.69, 9.17) is 38.3 Å². The van der Waals surface area contributed by atoms with Crippen LogP contribution in [0.15, 0.2) is 36.7 Å². The summed E-state index contributed by atoms with van der Waals surface area (Å²) in [5.74, 6) is -7.81. The maximum atomic E-state index is 14.2. The Hall–Kier alpha value is -2.57. The van der Waals surface area contributed by atoms with Crippen molar-refractivity contribution in [2.45, 2.75) is 37.1 Å². The average Bonchev–Trinajstić information content (AvgIpc) is 3.27. The molecular weight excluding hydrogens is 1530 g/mol. The number of nitrogens with two attached hydrogens (primary N) is 3. The van der Waals surface area contributed by atoms with Crippen molar-refractivity contribution in [1.82, 2.24) is 28.5 Å². The van der Waals surface area contributed by atoms with Crippen LogP contribution in [0.2, 0.25) is 5.28 Å². The third-order valence-electron chi connectivity index (χ3n) is 9.50. The van der Waals surface area contributed by atoms with Crippen LogP contribution in [0.4, 0.5) is 35.1 Å². The molecule has 4 aromatic rings. The number of hydrogen-bond donors (Lipinski definition) is 6.